The largest absolute Gasteiger partial charge is 0.496 e. The van der Waals surface area contributed by atoms with Crippen LogP contribution in [0.25, 0.3) is 10.9 Å². The summed E-state index contributed by atoms with van der Waals surface area (Å²) in [6.45, 7) is 2.08. The molecule has 1 atom stereocenters. The first-order chi connectivity index (χ1) is 12.5. The van der Waals surface area contributed by atoms with Crippen molar-refractivity contribution in [2.24, 2.45) is 0 Å². The number of nitrogens with one attached hydrogen (secondary N) is 1. The van der Waals surface area contributed by atoms with Gasteiger partial charge < -0.3 is 10.1 Å². The molecule has 0 unspecified atom stereocenters. The predicted molar refractivity (Wildman–Crippen MR) is 101 cm³/mol. The van der Waals surface area contributed by atoms with Gasteiger partial charge in [-0.15, -0.1) is 0 Å². The number of aromatic nitrogens is 1. The van der Waals surface area contributed by atoms with Crippen molar-refractivity contribution in [3.8, 4) is 5.75 Å². The van der Waals surface area contributed by atoms with Crippen LogP contribution in [0.3, 0.4) is 0 Å². The summed E-state index contributed by atoms with van der Waals surface area (Å²) in [4.78, 5) is 15.1. The Morgan fingerprint density at radius 2 is 2.08 bits per heavy atom. The van der Waals surface area contributed by atoms with Crippen molar-refractivity contribution in [3.05, 3.63) is 69.3 Å². The molecule has 6 nitrogen and oxygen atoms in total. The fourth-order valence-corrected chi connectivity index (χ4v) is 3.68. The number of ether oxygens (including phenoxy) is 1. The predicted octanol–water partition coefficient (Wildman–Crippen LogP) is 4.56. The monoisotopic (exact) mass is 349 g/mol. The number of rotatable bonds is 4. The second-order valence-electron chi connectivity index (χ2n) is 6.61. The number of aryl methyl sites for hydroxylation is 2. The minimum absolute atomic E-state index is 0.0739. The quantitative estimate of drug-likeness (QED) is 0.552. The fraction of sp³-hybridized carbons (Fsp3) is 0.250. The van der Waals surface area contributed by atoms with E-state index >= 15 is 0 Å². The molecule has 132 valence electrons. The van der Waals surface area contributed by atoms with E-state index in [9.17, 15) is 10.1 Å². The molecule has 0 radical (unpaired) electrons. The second-order valence-corrected chi connectivity index (χ2v) is 6.61. The van der Waals surface area contributed by atoms with Gasteiger partial charge in [0.25, 0.3) is 5.69 Å². The van der Waals surface area contributed by atoms with Crippen molar-refractivity contribution in [1.82, 2.24) is 4.98 Å². The maximum absolute atomic E-state index is 10.9. The standard InChI is InChI=1S/C20H19N3O3/c1-12-9-14-3-6-17(20(14)18(10-12)26-2)22-19-8-4-13-11-15(23(24)25)5-7-16(13)21-19/h4-5,7-11,17H,3,6H2,1-2H3,(H,21,22)/t17-/m0/s1. The Morgan fingerprint density at radius 3 is 2.85 bits per heavy atom. The van der Waals surface area contributed by atoms with Crippen LogP contribution in [0.1, 0.15) is 29.2 Å². The number of nitro groups is 1. The van der Waals surface area contributed by atoms with E-state index in [2.05, 4.69) is 29.4 Å². The Kier molecular flexibility index (Phi) is 3.95. The van der Waals surface area contributed by atoms with Crippen LogP contribution in [0.5, 0.6) is 5.75 Å². The minimum Gasteiger partial charge on any atom is -0.496 e. The molecule has 1 aromatic heterocycles. The molecule has 0 fully saturated rings. The van der Waals surface area contributed by atoms with Crippen molar-refractivity contribution in [3.63, 3.8) is 0 Å². The number of anilines is 1. The average molecular weight is 349 g/mol. The highest BCUT2D eigenvalue weighted by Gasteiger charge is 2.27. The Balaban J connectivity index is 1.65. The van der Waals surface area contributed by atoms with E-state index in [4.69, 9.17) is 4.74 Å². The summed E-state index contributed by atoms with van der Waals surface area (Å²) >= 11 is 0. The van der Waals surface area contributed by atoms with Gasteiger partial charge in [0.2, 0.25) is 0 Å². The van der Waals surface area contributed by atoms with Crippen LogP contribution in [0, 0.1) is 17.0 Å². The van der Waals surface area contributed by atoms with Crippen molar-refractivity contribution in [1.29, 1.82) is 0 Å². The lowest BCUT2D eigenvalue weighted by atomic mass is 10.0. The highest BCUT2D eigenvalue weighted by Crippen LogP contribution is 2.40. The van der Waals surface area contributed by atoms with Crippen molar-refractivity contribution < 1.29 is 9.66 Å². The molecule has 6 heteroatoms. The van der Waals surface area contributed by atoms with Gasteiger partial charge in [0, 0.05) is 23.1 Å². The summed E-state index contributed by atoms with van der Waals surface area (Å²) in [7, 11) is 1.70. The zero-order chi connectivity index (χ0) is 18.3. The Bertz CT molecular complexity index is 1020. The number of benzene rings is 2. The molecular weight excluding hydrogens is 330 g/mol. The summed E-state index contributed by atoms with van der Waals surface area (Å²) in [6.07, 6.45) is 1.99. The Hall–Kier alpha value is -3.15. The van der Waals surface area contributed by atoms with Crippen molar-refractivity contribution >= 4 is 22.4 Å². The third-order valence-electron chi connectivity index (χ3n) is 4.85. The van der Waals surface area contributed by atoms with Gasteiger partial charge in [0.15, 0.2) is 0 Å². The lowest BCUT2D eigenvalue weighted by molar-refractivity contribution is -0.384. The van der Waals surface area contributed by atoms with Crippen LogP contribution in [-0.4, -0.2) is 17.0 Å². The number of hydrogen-bond donors (Lipinski definition) is 1. The first-order valence-corrected chi connectivity index (χ1v) is 8.54. The summed E-state index contributed by atoms with van der Waals surface area (Å²) in [5, 5.41) is 15.2. The zero-order valence-electron chi connectivity index (χ0n) is 14.7. The number of nitrogens with zero attached hydrogens (tertiary/aromatic N) is 2. The summed E-state index contributed by atoms with van der Waals surface area (Å²) in [6, 6.07) is 12.9. The van der Waals surface area contributed by atoms with Gasteiger partial charge in [-0.3, -0.25) is 10.1 Å². The van der Waals surface area contributed by atoms with Crippen molar-refractivity contribution in [2.45, 2.75) is 25.8 Å². The molecule has 0 spiro atoms. The summed E-state index contributed by atoms with van der Waals surface area (Å²) in [5.74, 6) is 1.67. The van der Waals surface area contributed by atoms with Gasteiger partial charge in [-0.25, -0.2) is 4.98 Å². The van der Waals surface area contributed by atoms with Gasteiger partial charge >= 0.3 is 0 Å². The highest BCUT2D eigenvalue weighted by atomic mass is 16.6. The van der Waals surface area contributed by atoms with Gasteiger partial charge in [-0.05, 0) is 55.2 Å². The third kappa shape index (κ3) is 2.83. The Labute approximate surface area is 151 Å². The first kappa shape index (κ1) is 16.3. The molecule has 0 bridgehead atoms. The Morgan fingerprint density at radius 1 is 1.23 bits per heavy atom. The van der Waals surface area contributed by atoms with Crippen LogP contribution < -0.4 is 10.1 Å². The second kappa shape index (κ2) is 6.29. The molecule has 0 saturated heterocycles. The highest BCUT2D eigenvalue weighted by molar-refractivity contribution is 5.82. The van der Waals surface area contributed by atoms with Crippen LogP contribution >= 0.6 is 0 Å². The van der Waals surface area contributed by atoms with Crippen LogP contribution in [0.4, 0.5) is 11.5 Å². The maximum Gasteiger partial charge on any atom is 0.270 e. The van der Waals surface area contributed by atoms with Gasteiger partial charge in [0.05, 0.1) is 23.6 Å². The number of hydrogen-bond acceptors (Lipinski definition) is 5. The van der Waals surface area contributed by atoms with Crippen LogP contribution in [0.2, 0.25) is 0 Å². The number of non-ortho nitro benzene ring substituents is 1. The molecule has 1 N–H and O–H groups in total. The molecular formula is C20H19N3O3. The molecule has 4 rings (SSSR count). The maximum atomic E-state index is 10.9. The van der Waals surface area contributed by atoms with E-state index in [0.29, 0.717) is 0 Å². The van der Waals surface area contributed by atoms with E-state index in [-0.39, 0.29) is 11.7 Å². The average Bonchev–Trinajstić information content (AvgIpc) is 3.03. The van der Waals surface area contributed by atoms with E-state index in [0.717, 1.165) is 35.3 Å². The molecule has 2 aromatic carbocycles. The summed E-state index contributed by atoms with van der Waals surface area (Å²) < 4.78 is 5.59. The van der Waals surface area contributed by atoms with E-state index in [1.165, 1.54) is 22.8 Å². The molecule has 0 saturated carbocycles. The van der Waals surface area contributed by atoms with Crippen LogP contribution in [0.15, 0.2) is 42.5 Å². The van der Waals surface area contributed by atoms with Crippen LogP contribution in [-0.2, 0) is 6.42 Å². The number of methoxy groups -OCH3 is 1. The van der Waals surface area contributed by atoms with Crippen molar-refractivity contribution in [2.75, 3.05) is 12.4 Å². The first-order valence-electron chi connectivity index (χ1n) is 8.54. The number of pyridine rings is 1. The smallest absolute Gasteiger partial charge is 0.270 e. The topological polar surface area (TPSA) is 77.3 Å². The third-order valence-corrected chi connectivity index (χ3v) is 4.85. The molecule has 0 aliphatic heterocycles. The molecule has 1 aliphatic carbocycles. The zero-order valence-corrected chi connectivity index (χ0v) is 14.7. The molecule has 1 heterocycles. The SMILES string of the molecule is COc1cc(C)cc2c1[C@@H](Nc1ccc3cc([N+](=O)[O-])ccc3n1)CC2. The lowest BCUT2D eigenvalue weighted by Gasteiger charge is -2.18. The van der Waals surface area contributed by atoms with E-state index in [1.807, 2.05) is 12.1 Å². The fourth-order valence-electron chi connectivity index (χ4n) is 3.68. The lowest BCUT2D eigenvalue weighted by Crippen LogP contribution is -2.09. The molecule has 3 aromatic rings. The number of fused-ring (bicyclic) bond motifs is 2. The summed E-state index contributed by atoms with van der Waals surface area (Å²) in [5.41, 5.74) is 4.52. The minimum atomic E-state index is -0.394. The normalized spacial score (nSPS) is 15.7. The van der Waals surface area contributed by atoms with Gasteiger partial charge in [-0.2, -0.15) is 0 Å². The van der Waals surface area contributed by atoms with Gasteiger partial charge in [-0.1, -0.05) is 6.07 Å². The molecule has 0 amide bonds. The van der Waals surface area contributed by atoms with E-state index < -0.39 is 4.92 Å². The van der Waals surface area contributed by atoms with Gasteiger partial charge in [0.1, 0.15) is 11.6 Å². The number of nitro benzene ring substituents is 1. The van der Waals surface area contributed by atoms with E-state index in [1.54, 1.807) is 19.2 Å². The molecule has 26 heavy (non-hydrogen) atoms. The molecule has 1 aliphatic rings.